The first-order valence-corrected chi connectivity index (χ1v) is 9.90. The van der Waals surface area contributed by atoms with Crippen LogP contribution in [0, 0.1) is 18.3 Å². The summed E-state index contributed by atoms with van der Waals surface area (Å²) in [4.78, 5) is 17.7. The number of rotatable bonds is 4. The molecule has 0 atom stereocenters. The van der Waals surface area contributed by atoms with Gasteiger partial charge in [-0.25, -0.2) is 9.50 Å². The summed E-state index contributed by atoms with van der Waals surface area (Å²) in [6.45, 7) is 3.73. The molecule has 4 rings (SSSR count). The molecule has 0 aliphatic heterocycles. The summed E-state index contributed by atoms with van der Waals surface area (Å²) in [7, 11) is 0. The number of nitrogens with one attached hydrogen (secondary N) is 1. The molecule has 0 aliphatic carbocycles. The van der Waals surface area contributed by atoms with Crippen LogP contribution >= 0.6 is 11.3 Å². The molecule has 11 heteroatoms. The highest BCUT2D eigenvalue weighted by Gasteiger charge is 2.36. The van der Waals surface area contributed by atoms with Crippen LogP contribution in [0.4, 0.5) is 18.2 Å². The minimum Gasteiger partial charge on any atom is -0.463 e. The number of hydrogen-bond donors (Lipinski definition) is 1. The molecule has 158 valence electrons. The predicted molar refractivity (Wildman–Crippen MR) is 107 cm³/mol. The van der Waals surface area contributed by atoms with Gasteiger partial charge in [-0.2, -0.15) is 23.5 Å². The van der Waals surface area contributed by atoms with Crippen LogP contribution in [0.1, 0.15) is 39.1 Å². The number of carbonyl (C=O) groups excluding carboxylic acids is 1. The van der Waals surface area contributed by atoms with Crippen LogP contribution < -0.4 is 5.32 Å². The van der Waals surface area contributed by atoms with E-state index < -0.39 is 17.8 Å². The first-order valence-electron chi connectivity index (χ1n) is 9.08. The average molecular weight is 445 g/mol. The lowest BCUT2D eigenvalue weighted by Crippen LogP contribution is -2.15. The van der Waals surface area contributed by atoms with Crippen LogP contribution in [0.15, 0.2) is 34.9 Å². The number of carbonyl (C=O) groups is 1. The minimum atomic E-state index is -4.74. The molecule has 0 fully saturated rings. The quantitative estimate of drug-likeness (QED) is 0.473. The Labute approximate surface area is 177 Å². The number of furan rings is 1. The van der Waals surface area contributed by atoms with Crippen molar-refractivity contribution in [2.24, 2.45) is 0 Å². The summed E-state index contributed by atoms with van der Waals surface area (Å²) in [5, 5.41) is 16.2. The predicted octanol–water partition coefficient (Wildman–Crippen LogP) is 5.06. The van der Waals surface area contributed by atoms with Gasteiger partial charge in [-0.3, -0.25) is 4.79 Å². The average Bonchev–Trinajstić information content (AvgIpc) is 3.44. The Hall–Kier alpha value is -3.65. The number of anilines is 1. The highest BCUT2D eigenvalue weighted by molar-refractivity contribution is 7.16. The lowest BCUT2D eigenvalue weighted by molar-refractivity contribution is -0.142. The van der Waals surface area contributed by atoms with Crippen molar-refractivity contribution in [2.75, 3.05) is 5.32 Å². The molecule has 0 saturated carbocycles. The standard InChI is InChI=1S/C20H14F3N5O2S/c1-3-11-10(2)31-19(12(11)9-24)26-18(29)14-8-17-25-13(15-5-4-6-30-15)7-16(20(21,22)23)28(17)27-14/h4-8H,3H2,1-2H3,(H,26,29). The molecule has 7 nitrogen and oxygen atoms in total. The van der Waals surface area contributed by atoms with Crippen molar-refractivity contribution in [3.8, 4) is 17.5 Å². The number of thiophene rings is 1. The Bertz CT molecular complexity index is 1330. The van der Waals surface area contributed by atoms with E-state index >= 15 is 0 Å². The molecule has 4 heterocycles. The molecule has 31 heavy (non-hydrogen) atoms. The van der Waals surface area contributed by atoms with Crippen LogP contribution in [-0.2, 0) is 12.6 Å². The van der Waals surface area contributed by atoms with E-state index in [9.17, 15) is 23.2 Å². The van der Waals surface area contributed by atoms with E-state index in [-0.39, 0.29) is 22.8 Å². The Morgan fingerprint density at radius 1 is 1.39 bits per heavy atom. The van der Waals surface area contributed by atoms with E-state index in [1.54, 1.807) is 0 Å². The summed E-state index contributed by atoms with van der Waals surface area (Å²) >= 11 is 1.23. The fourth-order valence-electron chi connectivity index (χ4n) is 3.22. The van der Waals surface area contributed by atoms with E-state index in [0.717, 1.165) is 22.6 Å². The summed E-state index contributed by atoms with van der Waals surface area (Å²) in [5.74, 6) is -0.585. The Balaban J connectivity index is 1.77. The van der Waals surface area contributed by atoms with Gasteiger partial charge in [-0.1, -0.05) is 6.92 Å². The summed E-state index contributed by atoms with van der Waals surface area (Å²) in [5.41, 5.74) is -0.393. The van der Waals surface area contributed by atoms with Gasteiger partial charge < -0.3 is 9.73 Å². The molecule has 0 aromatic carbocycles. The van der Waals surface area contributed by atoms with Crippen LogP contribution in [-0.4, -0.2) is 20.5 Å². The monoisotopic (exact) mass is 445 g/mol. The van der Waals surface area contributed by atoms with Crippen molar-refractivity contribution in [2.45, 2.75) is 26.4 Å². The van der Waals surface area contributed by atoms with Gasteiger partial charge in [0.2, 0.25) is 0 Å². The Morgan fingerprint density at radius 3 is 2.77 bits per heavy atom. The summed E-state index contributed by atoms with van der Waals surface area (Å²) in [6, 6.07) is 7.05. The van der Waals surface area contributed by atoms with Crippen molar-refractivity contribution in [1.82, 2.24) is 14.6 Å². The molecule has 0 radical (unpaired) electrons. The molecule has 0 saturated heterocycles. The van der Waals surface area contributed by atoms with Crippen LogP contribution in [0.5, 0.6) is 0 Å². The van der Waals surface area contributed by atoms with Gasteiger partial charge >= 0.3 is 6.18 Å². The third-order valence-electron chi connectivity index (χ3n) is 4.63. The Kier molecular flexibility index (Phi) is 5.02. The maximum atomic E-state index is 13.6. The lowest BCUT2D eigenvalue weighted by Gasteiger charge is -2.09. The van der Waals surface area contributed by atoms with Gasteiger partial charge in [0.15, 0.2) is 22.8 Å². The van der Waals surface area contributed by atoms with Gasteiger partial charge in [0.1, 0.15) is 16.8 Å². The third-order valence-corrected chi connectivity index (χ3v) is 5.69. The first-order chi connectivity index (χ1) is 14.7. The number of amides is 1. The van der Waals surface area contributed by atoms with Crippen LogP contribution in [0.3, 0.4) is 0 Å². The highest BCUT2D eigenvalue weighted by atomic mass is 32.1. The molecular weight excluding hydrogens is 431 g/mol. The van der Waals surface area contributed by atoms with Gasteiger partial charge in [0.25, 0.3) is 5.91 Å². The number of nitriles is 1. The summed E-state index contributed by atoms with van der Waals surface area (Å²) < 4.78 is 46.6. The van der Waals surface area contributed by atoms with Gasteiger partial charge in [-0.05, 0) is 37.1 Å². The number of halogens is 3. The molecule has 4 aromatic heterocycles. The van der Waals surface area contributed by atoms with E-state index in [0.29, 0.717) is 21.5 Å². The largest absolute Gasteiger partial charge is 0.463 e. The molecular formula is C20H14F3N5O2S. The third kappa shape index (κ3) is 3.66. The van der Waals surface area contributed by atoms with Crippen molar-refractivity contribution in [1.29, 1.82) is 5.26 Å². The molecule has 1 N–H and O–H groups in total. The fraction of sp³-hybridized carbons (Fsp3) is 0.200. The number of fused-ring (bicyclic) bond motifs is 1. The van der Waals surface area contributed by atoms with Gasteiger partial charge in [0, 0.05) is 10.9 Å². The second kappa shape index (κ2) is 7.55. The molecule has 0 unspecified atom stereocenters. The highest BCUT2D eigenvalue weighted by Crippen LogP contribution is 2.34. The lowest BCUT2D eigenvalue weighted by atomic mass is 10.1. The normalized spacial score (nSPS) is 11.6. The zero-order valence-corrected chi connectivity index (χ0v) is 17.1. The number of aryl methyl sites for hydroxylation is 1. The molecule has 1 amide bonds. The second-order valence-corrected chi connectivity index (χ2v) is 7.79. The van der Waals surface area contributed by atoms with Crippen LogP contribution in [0.2, 0.25) is 0 Å². The number of alkyl halides is 3. The smallest absolute Gasteiger partial charge is 0.433 e. The number of hydrogen-bond acceptors (Lipinski definition) is 6. The molecule has 0 aliphatic rings. The summed E-state index contributed by atoms with van der Waals surface area (Å²) in [6.07, 6.45) is -2.80. The second-order valence-electron chi connectivity index (χ2n) is 6.56. The minimum absolute atomic E-state index is 0.0371. The van der Waals surface area contributed by atoms with E-state index in [1.807, 2.05) is 13.8 Å². The van der Waals surface area contributed by atoms with E-state index in [2.05, 4.69) is 21.5 Å². The molecule has 0 spiro atoms. The van der Waals surface area contributed by atoms with E-state index in [1.165, 1.54) is 29.7 Å². The number of aromatic nitrogens is 3. The van der Waals surface area contributed by atoms with Crippen molar-refractivity contribution in [3.63, 3.8) is 0 Å². The molecule has 0 bridgehead atoms. The van der Waals surface area contributed by atoms with Crippen LogP contribution in [0.25, 0.3) is 17.1 Å². The van der Waals surface area contributed by atoms with Gasteiger partial charge in [-0.15, -0.1) is 11.3 Å². The zero-order valence-electron chi connectivity index (χ0n) is 16.2. The fourth-order valence-corrected chi connectivity index (χ4v) is 4.31. The first kappa shape index (κ1) is 20.6. The van der Waals surface area contributed by atoms with Crippen molar-refractivity contribution < 1.29 is 22.4 Å². The van der Waals surface area contributed by atoms with Crippen molar-refractivity contribution >= 4 is 27.9 Å². The maximum absolute atomic E-state index is 13.6. The SMILES string of the molecule is CCc1c(C)sc(NC(=O)c2cc3nc(-c4ccco4)cc(C(F)(F)F)n3n2)c1C#N. The van der Waals surface area contributed by atoms with Gasteiger partial charge in [0.05, 0.1) is 11.8 Å². The Morgan fingerprint density at radius 2 is 2.16 bits per heavy atom. The van der Waals surface area contributed by atoms with E-state index in [4.69, 9.17) is 4.42 Å². The zero-order chi connectivity index (χ0) is 22.3. The number of nitrogens with zero attached hydrogens (tertiary/aromatic N) is 4. The maximum Gasteiger partial charge on any atom is 0.433 e. The molecule has 4 aromatic rings. The topological polar surface area (TPSA) is 96.2 Å². The van der Waals surface area contributed by atoms with Crippen molar-refractivity contribution in [3.05, 3.63) is 57.9 Å².